The lowest BCUT2D eigenvalue weighted by atomic mass is 9.88. The molecule has 1 aromatic heterocycles. The van der Waals surface area contributed by atoms with E-state index in [-0.39, 0.29) is 11.8 Å². The van der Waals surface area contributed by atoms with E-state index in [0.29, 0.717) is 6.42 Å². The summed E-state index contributed by atoms with van der Waals surface area (Å²) < 4.78 is 2.27. The highest BCUT2D eigenvalue weighted by Gasteiger charge is 2.44. The minimum absolute atomic E-state index is 0.161. The van der Waals surface area contributed by atoms with Gasteiger partial charge in [0.25, 0.3) is 0 Å². The van der Waals surface area contributed by atoms with Crippen molar-refractivity contribution in [1.29, 1.82) is 0 Å². The van der Waals surface area contributed by atoms with Crippen molar-refractivity contribution in [2.45, 2.75) is 43.1 Å². The van der Waals surface area contributed by atoms with Crippen LogP contribution in [0, 0.1) is 0 Å². The van der Waals surface area contributed by atoms with Gasteiger partial charge in [-0.2, -0.15) is 0 Å². The van der Waals surface area contributed by atoms with Gasteiger partial charge < -0.3 is 30.7 Å². The van der Waals surface area contributed by atoms with E-state index in [9.17, 15) is 4.79 Å². The van der Waals surface area contributed by atoms with Crippen LogP contribution in [-0.4, -0.2) is 56.3 Å². The standard InChI is InChI=1S/C27H25NO2.C4H11NO3/c29-26(30)14-12-20-11-13-25-24(17-20)21(19-28(25)23-9-5-2-6-10-23)18-27(15-16-27)22-7-3-1-4-8-22;5-4(1-6,2-7)3-8/h1-11,13,17,19H,12,14-16,18H2,(H,29,30);6-8H,1-3,5H2. The first-order valence-electron chi connectivity index (χ1n) is 12.9. The first-order chi connectivity index (χ1) is 18.3. The fraction of sp³-hybridized carbons (Fsp3) is 0.323. The summed E-state index contributed by atoms with van der Waals surface area (Å²) in [7, 11) is 0. The highest BCUT2D eigenvalue weighted by atomic mass is 16.4. The van der Waals surface area contributed by atoms with Crippen LogP contribution in [0.5, 0.6) is 0 Å². The Morgan fingerprint density at radius 2 is 1.50 bits per heavy atom. The van der Waals surface area contributed by atoms with Gasteiger partial charge in [-0.1, -0.05) is 54.6 Å². The predicted octanol–water partition coefficient (Wildman–Crippen LogP) is 3.58. The van der Waals surface area contributed by atoms with Crippen LogP contribution >= 0.6 is 0 Å². The molecular formula is C31H36N2O5. The number of carbonyl (C=O) groups is 1. The van der Waals surface area contributed by atoms with Gasteiger partial charge in [0.05, 0.1) is 30.9 Å². The van der Waals surface area contributed by atoms with Crippen LogP contribution in [0.3, 0.4) is 0 Å². The molecule has 0 radical (unpaired) electrons. The molecule has 0 aliphatic heterocycles. The molecule has 7 nitrogen and oxygen atoms in total. The Morgan fingerprint density at radius 1 is 0.895 bits per heavy atom. The normalized spacial score (nSPS) is 14.1. The topological polar surface area (TPSA) is 129 Å². The number of nitrogens with two attached hydrogens (primary N) is 1. The molecule has 1 saturated carbocycles. The molecule has 6 N–H and O–H groups in total. The van der Waals surface area contributed by atoms with Gasteiger partial charge >= 0.3 is 5.97 Å². The Morgan fingerprint density at radius 3 is 2.03 bits per heavy atom. The summed E-state index contributed by atoms with van der Waals surface area (Å²) in [5.41, 5.74) is 10.3. The molecule has 0 bridgehead atoms. The smallest absolute Gasteiger partial charge is 0.303 e. The number of rotatable bonds is 10. The molecule has 7 heteroatoms. The van der Waals surface area contributed by atoms with Crippen molar-refractivity contribution in [2.75, 3.05) is 19.8 Å². The molecule has 1 heterocycles. The number of benzene rings is 3. The number of aliphatic hydroxyl groups is 3. The lowest BCUT2D eigenvalue weighted by Gasteiger charge is -2.20. The van der Waals surface area contributed by atoms with E-state index in [2.05, 4.69) is 83.6 Å². The molecule has 0 spiro atoms. The Hall–Kier alpha value is -3.49. The van der Waals surface area contributed by atoms with Gasteiger partial charge in [0.2, 0.25) is 0 Å². The number of hydrogen-bond acceptors (Lipinski definition) is 5. The minimum Gasteiger partial charge on any atom is -0.481 e. The van der Waals surface area contributed by atoms with Gasteiger partial charge in [-0.15, -0.1) is 0 Å². The Bertz CT molecular complexity index is 1330. The number of aliphatic hydroxyl groups excluding tert-OH is 3. The summed E-state index contributed by atoms with van der Waals surface area (Å²) in [6, 6.07) is 27.7. The summed E-state index contributed by atoms with van der Waals surface area (Å²) in [6.45, 7) is -1.21. The molecule has 38 heavy (non-hydrogen) atoms. The van der Waals surface area contributed by atoms with Gasteiger partial charge in [0.1, 0.15) is 0 Å². The fourth-order valence-electron chi connectivity index (χ4n) is 4.72. The van der Waals surface area contributed by atoms with Crippen molar-refractivity contribution < 1.29 is 25.2 Å². The lowest BCUT2D eigenvalue weighted by molar-refractivity contribution is -0.136. The van der Waals surface area contributed by atoms with Crippen LogP contribution in [0.2, 0.25) is 0 Å². The van der Waals surface area contributed by atoms with Crippen molar-refractivity contribution in [3.05, 3.63) is 102 Å². The molecule has 3 aromatic carbocycles. The number of carboxylic acid groups (broad SMARTS) is 1. The number of carboxylic acids is 1. The molecule has 0 saturated heterocycles. The number of aryl methyl sites for hydroxylation is 1. The van der Waals surface area contributed by atoms with E-state index in [1.54, 1.807) is 0 Å². The summed E-state index contributed by atoms with van der Waals surface area (Å²) in [5, 5.41) is 35.3. The van der Waals surface area contributed by atoms with Crippen LogP contribution in [-0.2, 0) is 23.1 Å². The molecule has 4 aromatic rings. The number of nitrogens with zero attached hydrogens (tertiary/aromatic N) is 1. The Kier molecular flexibility index (Phi) is 8.64. The number of fused-ring (bicyclic) bond motifs is 1. The van der Waals surface area contributed by atoms with E-state index in [1.165, 1.54) is 34.9 Å². The molecular weight excluding hydrogens is 480 g/mol. The van der Waals surface area contributed by atoms with Crippen LogP contribution in [0.15, 0.2) is 85.1 Å². The summed E-state index contributed by atoms with van der Waals surface area (Å²) in [6.07, 6.45) is 6.44. The van der Waals surface area contributed by atoms with E-state index in [1.807, 2.05) is 6.07 Å². The molecule has 0 atom stereocenters. The van der Waals surface area contributed by atoms with Gasteiger partial charge in [-0.3, -0.25) is 4.79 Å². The fourth-order valence-corrected chi connectivity index (χ4v) is 4.72. The van der Waals surface area contributed by atoms with E-state index in [4.69, 9.17) is 26.2 Å². The average molecular weight is 517 g/mol. The predicted molar refractivity (Wildman–Crippen MR) is 148 cm³/mol. The maximum absolute atomic E-state index is 11.0. The van der Waals surface area contributed by atoms with Gasteiger partial charge in [-0.25, -0.2) is 0 Å². The van der Waals surface area contributed by atoms with Crippen LogP contribution in [0.4, 0.5) is 0 Å². The third-order valence-corrected chi connectivity index (χ3v) is 7.33. The second kappa shape index (κ2) is 11.9. The van der Waals surface area contributed by atoms with Crippen molar-refractivity contribution in [2.24, 2.45) is 5.73 Å². The molecule has 200 valence electrons. The summed E-state index contributed by atoms with van der Waals surface area (Å²) in [5.74, 6) is -0.752. The van der Waals surface area contributed by atoms with Gasteiger partial charge in [-0.05, 0) is 72.1 Å². The molecule has 0 unspecified atom stereocenters. The SMILES string of the molecule is NC(CO)(CO)CO.O=C(O)CCc1ccc2c(c1)c(CC1(c3ccccc3)CC1)cn2-c1ccccc1. The zero-order valence-corrected chi connectivity index (χ0v) is 21.5. The molecule has 1 aliphatic rings. The monoisotopic (exact) mass is 516 g/mol. The molecule has 5 rings (SSSR count). The Labute approximate surface area is 222 Å². The summed E-state index contributed by atoms with van der Waals surface area (Å²) >= 11 is 0. The van der Waals surface area contributed by atoms with Gasteiger partial charge in [0, 0.05) is 23.7 Å². The quantitative estimate of drug-likeness (QED) is 0.219. The zero-order valence-electron chi connectivity index (χ0n) is 21.5. The Balaban J connectivity index is 0.000000368. The van der Waals surface area contributed by atoms with E-state index in [0.717, 1.165) is 17.7 Å². The highest BCUT2D eigenvalue weighted by Crippen LogP contribution is 2.51. The molecule has 0 amide bonds. The second-order valence-electron chi connectivity index (χ2n) is 10.3. The molecule has 1 aliphatic carbocycles. The van der Waals surface area contributed by atoms with Crippen molar-refractivity contribution >= 4 is 16.9 Å². The third-order valence-electron chi connectivity index (χ3n) is 7.33. The van der Waals surface area contributed by atoms with Crippen molar-refractivity contribution in [1.82, 2.24) is 4.57 Å². The van der Waals surface area contributed by atoms with Crippen molar-refractivity contribution in [3.63, 3.8) is 0 Å². The maximum atomic E-state index is 11.0. The average Bonchev–Trinajstić information content (AvgIpc) is 3.67. The van der Waals surface area contributed by atoms with E-state index >= 15 is 0 Å². The highest BCUT2D eigenvalue weighted by molar-refractivity contribution is 5.87. The summed E-state index contributed by atoms with van der Waals surface area (Å²) in [4.78, 5) is 11.0. The first-order valence-corrected chi connectivity index (χ1v) is 12.9. The zero-order chi connectivity index (χ0) is 27.2. The number of aliphatic carboxylic acids is 1. The minimum atomic E-state index is -1.21. The maximum Gasteiger partial charge on any atom is 0.303 e. The van der Waals surface area contributed by atoms with Crippen LogP contribution in [0.25, 0.3) is 16.6 Å². The third kappa shape index (κ3) is 6.31. The number of para-hydroxylation sites is 1. The lowest BCUT2D eigenvalue weighted by Crippen LogP contribution is -2.50. The van der Waals surface area contributed by atoms with Crippen LogP contribution < -0.4 is 5.73 Å². The first kappa shape index (κ1) is 27.5. The van der Waals surface area contributed by atoms with Crippen molar-refractivity contribution in [3.8, 4) is 5.69 Å². The molecule has 1 fully saturated rings. The van der Waals surface area contributed by atoms with Gasteiger partial charge in [0.15, 0.2) is 0 Å². The van der Waals surface area contributed by atoms with Crippen LogP contribution in [0.1, 0.15) is 36.0 Å². The number of aromatic nitrogens is 1. The second-order valence-corrected chi connectivity index (χ2v) is 10.3. The largest absolute Gasteiger partial charge is 0.481 e. The number of hydrogen-bond donors (Lipinski definition) is 5. The van der Waals surface area contributed by atoms with E-state index < -0.39 is 31.3 Å².